The van der Waals surface area contributed by atoms with Gasteiger partial charge in [0.1, 0.15) is 18.1 Å². The zero-order valence-corrected chi connectivity index (χ0v) is 21.3. The number of hydrogen-bond acceptors (Lipinski definition) is 5. The maximum absolute atomic E-state index is 13.5. The average molecular weight is 515 g/mol. The molecule has 7 nitrogen and oxygen atoms in total. The maximum atomic E-state index is 13.5. The molecule has 0 bridgehead atoms. The van der Waals surface area contributed by atoms with Crippen LogP contribution in [0.5, 0.6) is 11.5 Å². The van der Waals surface area contributed by atoms with Crippen LogP contribution >= 0.6 is 11.6 Å². The fourth-order valence-electron chi connectivity index (χ4n) is 3.90. The molecular formula is C26H27ClN2O5S. The van der Waals surface area contributed by atoms with Crippen molar-refractivity contribution in [2.75, 3.05) is 24.0 Å². The van der Waals surface area contributed by atoms with Crippen LogP contribution in [0.15, 0.2) is 65.6 Å². The number of nitrogens with one attached hydrogen (secondary N) is 1. The third kappa shape index (κ3) is 5.71. The van der Waals surface area contributed by atoms with Crippen LogP contribution in [-0.2, 0) is 14.8 Å². The van der Waals surface area contributed by atoms with Gasteiger partial charge in [-0.1, -0.05) is 35.4 Å². The van der Waals surface area contributed by atoms with Crippen molar-refractivity contribution in [1.82, 2.24) is 5.32 Å². The first-order chi connectivity index (χ1) is 16.6. The lowest BCUT2D eigenvalue weighted by molar-refractivity contribution is -0.127. The van der Waals surface area contributed by atoms with Crippen molar-refractivity contribution in [3.8, 4) is 11.5 Å². The average Bonchev–Trinajstić information content (AvgIpc) is 2.80. The summed E-state index contributed by atoms with van der Waals surface area (Å²) in [5.41, 5.74) is 3.41. The predicted molar refractivity (Wildman–Crippen MR) is 136 cm³/mol. The molecule has 1 N–H and O–H groups in total. The topological polar surface area (TPSA) is 84.9 Å². The third-order valence-corrected chi connectivity index (χ3v) is 7.59. The molecule has 1 atom stereocenters. The van der Waals surface area contributed by atoms with E-state index < -0.39 is 22.0 Å². The van der Waals surface area contributed by atoms with Crippen LogP contribution in [0.25, 0.3) is 0 Å². The van der Waals surface area contributed by atoms with Crippen molar-refractivity contribution in [3.63, 3.8) is 0 Å². The van der Waals surface area contributed by atoms with Gasteiger partial charge in [0.05, 0.1) is 23.7 Å². The molecule has 0 aliphatic carbocycles. The van der Waals surface area contributed by atoms with Gasteiger partial charge < -0.3 is 14.8 Å². The fourth-order valence-corrected chi connectivity index (χ4v) is 5.53. The number of amides is 1. The standard InChI is InChI=1S/C26H27ClN2O5S/c1-17-4-7-22(8-5-17)35(31,32)29-16-25(34-24-9-6-20(27)15-23(24)29)26(30)28-10-11-33-21-13-18(2)12-19(3)14-21/h4-9,12-15,25H,10-11,16H2,1-3H3,(H,28,30)/t25-/m1/s1. The summed E-state index contributed by atoms with van der Waals surface area (Å²) in [6.07, 6.45) is -1.04. The first kappa shape index (κ1) is 24.9. The minimum Gasteiger partial charge on any atom is -0.492 e. The van der Waals surface area contributed by atoms with Crippen LogP contribution in [-0.4, -0.2) is 40.1 Å². The minimum atomic E-state index is -3.95. The highest BCUT2D eigenvalue weighted by Gasteiger charge is 2.37. The predicted octanol–water partition coefficient (Wildman–Crippen LogP) is 4.42. The molecule has 1 heterocycles. The number of carbonyl (C=O) groups excluding carboxylic acids is 1. The third-order valence-electron chi connectivity index (χ3n) is 5.56. The van der Waals surface area contributed by atoms with Crippen LogP contribution < -0.4 is 19.1 Å². The van der Waals surface area contributed by atoms with Gasteiger partial charge in [0.15, 0.2) is 6.10 Å². The Morgan fingerprint density at radius 2 is 1.71 bits per heavy atom. The number of halogens is 1. The molecule has 4 rings (SSSR count). The fraction of sp³-hybridized carbons (Fsp3) is 0.269. The van der Waals surface area contributed by atoms with Crippen molar-refractivity contribution in [2.45, 2.75) is 31.8 Å². The van der Waals surface area contributed by atoms with Crippen LogP contribution in [0.1, 0.15) is 16.7 Å². The number of ether oxygens (including phenoxy) is 2. The number of hydrogen-bond donors (Lipinski definition) is 1. The van der Waals surface area contributed by atoms with E-state index in [1.165, 1.54) is 10.4 Å². The van der Waals surface area contributed by atoms with Gasteiger partial charge in [0, 0.05) is 5.02 Å². The summed E-state index contributed by atoms with van der Waals surface area (Å²) in [6, 6.07) is 17.1. The molecule has 1 aliphatic rings. The van der Waals surface area contributed by atoms with E-state index in [2.05, 4.69) is 11.4 Å². The number of carbonyl (C=O) groups is 1. The molecule has 35 heavy (non-hydrogen) atoms. The molecule has 9 heteroatoms. The normalized spacial score (nSPS) is 15.2. The molecule has 0 unspecified atom stereocenters. The quantitative estimate of drug-likeness (QED) is 0.472. The Balaban J connectivity index is 1.48. The van der Waals surface area contributed by atoms with Crippen molar-refractivity contribution < 1.29 is 22.7 Å². The Morgan fingerprint density at radius 3 is 2.40 bits per heavy atom. The van der Waals surface area contributed by atoms with Gasteiger partial charge in [-0.3, -0.25) is 9.10 Å². The van der Waals surface area contributed by atoms with Crippen molar-refractivity contribution in [1.29, 1.82) is 0 Å². The van der Waals surface area contributed by atoms with Crippen molar-refractivity contribution in [2.24, 2.45) is 0 Å². The Kier molecular flexibility index (Phi) is 7.23. The summed E-state index contributed by atoms with van der Waals surface area (Å²) >= 11 is 6.14. The summed E-state index contributed by atoms with van der Waals surface area (Å²) in [5.74, 6) is 0.563. The monoisotopic (exact) mass is 514 g/mol. The van der Waals surface area contributed by atoms with Crippen LogP contribution in [0.3, 0.4) is 0 Å². The number of anilines is 1. The molecular weight excluding hydrogens is 488 g/mol. The van der Waals surface area contributed by atoms with E-state index >= 15 is 0 Å². The molecule has 0 fully saturated rings. The van der Waals surface area contributed by atoms with E-state index in [0.717, 1.165) is 22.4 Å². The summed E-state index contributed by atoms with van der Waals surface area (Å²) in [6.45, 7) is 6.17. The molecule has 0 aromatic heterocycles. The number of aryl methyl sites for hydroxylation is 3. The van der Waals surface area contributed by atoms with Crippen LogP contribution in [0, 0.1) is 20.8 Å². The Morgan fingerprint density at radius 1 is 1.03 bits per heavy atom. The number of benzene rings is 3. The van der Waals surface area contributed by atoms with Crippen molar-refractivity contribution in [3.05, 3.63) is 82.4 Å². The first-order valence-corrected chi connectivity index (χ1v) is 13.0. The molecule has 0 saturated heterocycles. The van der Waals surface area contributed by atoms with Gasteiger partial charge >= 0.3 is 0 Å². The molecule has 1 aliphatic heterocycles. The van der Waals surface area contributed by atoms with E-state index in [1.807, 2.05) is 32.9 Å². The van der Waals surface area contributed by atoms with Crippen molar-refractivity contribution >= 4 is 33.2 Å². The highest BCUT2D eigenvalue weighted by Crippen LogP contribution is 2.38. The maximum Gasteiger partial charge on any atom is 0.264 e. The largest absolute Gasteiger partial charge is 0.492 e. The lowest BCUT2D eigenvalue weighted by atomic mass is 10.1. The van der Waals surface area contributed by atoms with E-state index in [9.17, 15) is 13.2 Å². The summed E-state index contributed by atoms with van der Waals surface area (Å²) < 4.78 is 39.8. The lowest BCUT2D eigenvalue weighted by Crippen LogP contribution is -2.51. The van der Waals surface area contributed by atoms with Gasteiger partial charge in [-0.25, -0.2) is 8.42 Å². The lowest BCUT2D eigenvalue weighted by Gasteiger charge is -2.34. The highest BCUT2D eigenvalue weighted by molar-refractivity contribution is 7.92. The van der Waals surface area contributed by atoms with Crippen LogP contribution in [0.4, 0.5) is 5.69 Å². The number of sulfonamides is 1. The Labute approximate surface area is 210 Å². The highest BCUT2D eigenvalue weighted by atomic mass is 35.5. The van der Waals surface area contributed by atoms with Gasteiger partial charge in [-0.2, -0.15) is 0 Å². The number of fused-ring (bicyclic) bond motifs is 1. The molecule has 1 amide bonds. The molecule has 3 aromatic carbocycles. The summed E-state index contributed by atoms with van der Waals surface area (Å²) in [4.78, 5) is 13.0. The molecule has 0 spiro atoms. The van der Waals surface area contributed by atoms with E-state index in [4.69, 9.17) is 21.1 Å². The second-order valence-electron chi connectivity index (χ2n) is 8.53. The Hall–Kier alpha value is -3.23. The zero-order valence-electron chi connectivity index (χ0n) is 19.7. The summed E-state index contributed by atoms with van der Waals surface area (Å²) in [5, 5.41) is 3.14. The van der Waals surface area contributed by atoms with Gasteiger partial charge in [0.2, 0.25) is 0 Å². The smallest absolute Gasteiger partial charge is 0.264 e. The van der Waals surface area contributed by atoms with E-state index in [-0.39, 0.29) is 30.3 Å². The first-order valence-electron chi connectivity index (χ1n) is 11.2. The van der Waals surface area contributed by atoms with Gasteiger partial charge in [-0.15, -0.1) is 0 Å². The molecule has 184 valence electrons. The number of nitrogens with zero attached hydrogens (tertiary/aromatic N) is 1. The summed E-state index contributed by atoms with van der Waals surface area (Å²) in [7, 11) is -3.95. The minimum absolute atomic E-state index is 0.122. The van der Waals surface area contributed by atoms with E-state index in [0.29, 0.717) is 10.7 Å². The van der Waals surface area contributed by atoms with E-state index in [1.54, 1.807) is 36.4 Å². The molecule has 0 saturated carbocycles. The zero-order chi connectivity index (χ0) is 25.2. The number of rotatable bonds is 7. The molecule has 3 aromatic rings. The Bertz CT molecular complexity index is 1320. The van der Waals surface area contributed by atoms with Crippen LogP contribution in [0.2, 0.25) is 5.02 Å². The second-order valence-corrected chi connectivity index (χ2v) is 10.8. The van der Waals surface area contributed by atoms with Gasteiger partial charge in [0.25, 0.3) is 15.9 Å². The SMILES string of the molecule is Cc1ccc(S(=O)(=O)N2C[C@H](C(=O)NCCOc3cc(C)cc(C)c3)Oc3ccc(Cl)cc32)cc1. The molecule has 0 radical (unpaired) electrons. The second kappa shape index (κ2) is 10.2. The van der Waals surface area contributed by atoms with Gasteiger partial charge in [-0.05, 0) is 74.4 Å².